The van der Waals surface area contributed by atoms with Crippen molar-refractivity contribution in [1.29, 1.82) is 0 Å². The molecule has 6 nitrogen and oxygen atoms in total. The number of para-hydroxylation sites is 1. The predicted molar refractivity (Wildman–Crippen MR) is 152 cm³/mol. The van der Waals surface area contributed by atoms with Crippen LogP contribution in [-0.2, 0) is 19.5 Å². The highest BCUT2D eigenvalue weighted by Crippen LogP contribution is 2.30. The molecule has 4 aromatic rings. The second-order valence-corrected chi connectivity index (χ2v) is 9.62. The molecule has 0 atom stereocenters. The molecule has 0 saturated heterocycles. The molecule has 4 N–H and O–H groups in total. The number of imidazole rings is 1. The van der Waals surface area contributed by atoms with Crippen LogP contribution in [0.1, 0.15) is 62.4 Å². The third kappa shape index (κ3) is 6.24. The highest BCUT2D eigenvalue weighted by Gasteiger charge is 2.17. The smallest absolute Gasteiger partial charge is 0.152 e. The molecule has 2 heterocycles. The predicted octanol–water partition coefficient (Wildman–Crippen LogP) is 5.94. The third-order valence-corrected chi connectivity index (χ3v) is 6.75. The molecule has 0 fully saturated rings. The molecule has 2 aromatic carbocycles. The summed E-state index contributed by atoms with van der Waals surface area (Å²) in [5.74, 6) is 1.58. The Bertz CT molecular complexity index is 1290. The van der Waals surface area contributed by atoms with E-state index < -0.39 is 0 Å². The Morgan fingerprint density at radius 1 is 0.972 bits per heavy atom. The van der Waals surface area contributed by atoms with E-state index in [1.165, 1.54) is 30.4 Å². The maximum Gasteiger partial charge on any atom is 0.152 e. The Hall–Kier alpha value is -3.38. The van der Waals surface area contributed by atoms with Crippen LogP contribution in [0, 0.1) is 0 Å². The van der Waals surface area contributed by atoms with Crippen LogP contribution in [0.25, 0.3) is 21.9 Å². The zero-order valence-electron chi connectivity index (χ0n) is 21.8. The molecule has 36 heavy (non-hydrogen) atoms. The molecule has 0 unspecified atom stereocenters. The van der Waals surface area contributed by atoms with Gasteiger partial charge in [0.25, 0.3) is 0 Å². The average Bonchev–Trinajstić information content (AvgIpc) is 3.26. The van der Waals surface area contributed by atoms with Gasteiger partial charge in [0, 0.05) is 30.6 Å². The Morgan fingerprint density at radius 3 is 2.53 bits per heavy atom. The summed E-state index contributed by atoms with van der Waals surface area (Å²) < 4.78 is 2.34. The molecule has 0 aliphatic carbocycles. The fourth-order valence-corrected chi connectivity index (χ4v) is 4.68. The number of aromatic nitrogens is 3. The summed E-state index contributed by atoms with van der Waals surface area (Å²) in [5, 5.41) is 7.79. The molecule has 190 valence electrons. The molecule has 4 rings (SSSR count). The van der Waals surface area contributed by atoms with Gasteiger partial charge >= 0.3 is 0 Å². The molecule has 0 saturated carbocycles. The Kier molecular flexibility index (Phi) is 8.95. The summed E-state index contributed by atoms with van der Waals surface area (Å²) in [7, 11) is 2.00. The molecule has 2 aromatic heterocycles. The Labute approximate surface area is 215 Å². The number of hydrogen-bond donors (Lipinski definition) is 3. The van der Waals surface area contributed by atoms with Gasteiger partial charge in [-0.3, -0.25) is 0 Å². The van der Waals surface area contributed by atoms with Crippen LogP contribution in [0.3, 0.4) is 0 Å². The van der Waals surface area contributed by atoms with Gasteiger partial charge in [-0.25, -0.2) is 9.97 Å². The molecule has 6 heteroatoms. The Balaban J connectivity index is 1.49. The van der Waals surface area contributed by atoms with Crippen LogP contribution < -0.4 is 16.4 Å². The van der Waals surface area contributed by atoms with Gasteiger partial charge in [-0.1, -0.05) is 68.8 Å². The Morgan fingerprint density at radius 2 is 1.75 bits per heavy atom. The molecule has 0 aliphatic rings. The third-order valence-electron chi connectivity index (χ3n) is 6.75. The van der Waals surface area contributed by atoms with E-state index in [2.05, 4.69) is 70.1 Å². The molecule has 0 radical (unpaired) electrons. The number of anilines is 1. The summed E-state index contributed by atoms with van der Waals surface area (Å²) in [4.78, 5) is 9.56. The van der Waals surface area contributed by atoms with Crippen LogP contribution in [0.15, 0.2) is 60.8 Å². The number of nitrogens with one attached hydrogen (secondary N) is 2. The number of unbranched alkanes of at least 4 members (excludes halogenated alkanes) is 3. The van der Waals surface area contributed by atoms with Crippen molar-refractivity contribution in [3.05, 3.63) is 77.8 Å². The number of hydrogen-bond acceptors (Lipinski definition) is 5. The first-order chi connectivity index (χ1) is 17.6. The molecule has 0 amide bonds. The number of allylic oxidation sites excluding steroid dienone is 1. The number of nitrogens with zero attached hydrogens (tertiary/aromatic N) is 3. The lowest BCUT2D eigenvalue weighted by Gasteiger charge is -2.13. The van der Waals surface area contributed by atoms with Gasteiger partial charge in [-0.05, 0) is 56.5 Å². The molecular formula is C30H40N6. The van der Waals surface area contributed by atoms with Crippen molar-refractivity contribution in [3.8, 4) is 0 Å². The van der Waals surface area contributed by atoms with Gasteiger partial charge in [-0.15, -0.1) is 0 Å². The summed E-state index contributed by atoms with van der Waals surface area (Å²) >= 11 is 0. The largest absolute Gasteiger partial charge is 0.385 e. The van der Waals surface area contributed by atoms with E-state index in [0.717, 1.165) is 78.8 Å². The highest BCUT2D eigenvalue weighted by molar-refractivity contribution is 6.06. The average molecular weight is 485 g/mol. The van der Waals surface area contributed by atoms with Crippen molar-refractivity contribution < 1.29 is 0 Å². The van der Waals surface area contributed by atoms with Crippen molar-refractivity contribution >= 4 is 27.8 Å². The fraction of sp³-hybridized carbons (Fsp3) is 0.400. The molecule has 0 spiro atoms. The molecule has 0 aliphatic heterocycles. The summed E-state index contributed by atoms with van der Waals surface area (Å²) in [6, 6.07) is 17.1. The van der Waals surface area contributed by atoms with E-state index in [0.29, 0.717) is 5.82 Å². The van der Waals surface area contributed by atoms with E-state index in [-0.39, 0.29) is 0 Å². The van der Waals surface area contributed by atoms with Crippen LogP contribution >= 0.6 is 0 Å². The fourth-order valence-electron chi connectivity index (χ4n) is 4.68. The van der Waals surface area contributed by atoms with Gasteiger partial charge < -0.3 is 20.9 Å². The minimum atomic E-state index is 0.504. The number of nitrogens with two attached hydrogens (primary N) is 1. The standard InChI is InChI=1S/C30H40N6/c1-4-5-14-27-35-28-29(25-12-8-9-13-26(25)34-30(28)31)36(27)21-24-17-15-23(16-18-24)20-33-22(2)11-7-6-10-19-32-3/h8-9,12-13,15-18,32-33H,2,4-7,10-11,14,19-21H2,1,3H3,(H2,31,34). The maximum atomic E-state index is 6.35. The van der Waals surface area contributed by atoms with Crippen molar-refractivity contribution in [1.82, 2.24) is 25.2 Å². The second-order valence-electron chi connectivity index (χ2n) is 9.62. The lowest BCUT2D eigenvalue weighted by Crippen LogP contribution is -2.12. The van der Waals surface area contributed by atoms with Crippen LogP contribution in [0.5, 0.6) is 0 Å². The topological polar surface area (TPSA) is 80.8 Å². The number of fused-ring (bicyclic) bond motifs is 3. The minimum absolute atomic E-state index is 0.504. The second kappa shape index (κ2) is 12.5. The zero-order chi connectivity index (χ0) is 25.3. The first-order valence-corrected chi connectivity index (χ1v) is 13.3. The normalized spacial score (nSPS) is 11.4. The van der Waals surface area contributed by atoms with Crippen molar-refractivity contribution in [2.75, 3.05) is 19.3 Å². The van der Waals surface area contributed by atoms with E-state index >= 15 is 0 Å². The SMILES string of the molecule is C=C(CCCCCNC)NCc1ccc(Cn2c(CCCC)nc3c(N)nc4ccccc4c32)cc1. The van der Waals surface area contributed by atoms with Crippen LogP contribution in [0.4, 0.5) is 5.82 Å². The maximum absolute atomic E-state index is 6.35. The van der Waals surface area contributed by atoms with Gasteiger partial charge in [-0.2, -0.15) is 0 Å². The van der Waals surface area contributed by atoms with Gasteiger partial charge in [0.1, 0.15) is 11.3 Å². The number of pyridine rings is 1. The lowest BCUT2D eigenvalue weighted by molar-refractivity contribution is 0.622. The van der Waals surface area contributed by atoms with Crippen molar-refractivity contribution in [3.63, 3.8) is 0 Å². The van der Waals surface area contributed by atoms with Gasteiger partial charge in [0.05, 0.1) is 11.0 Å². The number of rotatable bonds is 14. The number of aryl methyl sites for hydroxylation is 1. The van der Waals surface area contributed by atoms with Crippen LogP contribution in [0.2, 0.25) is 0 Å². The lowest BCUT2D eigenvalue weighted by atomic mass is 10.1. The van der Waals surface area contributed by atoms with Gasteiger partial charge in [0.15, 0.2) is 5.82 Å². The summed E-state index contributed by atoms with van der Waals surface area (Å²) in [5.41, 5.74) is 12.8. The van der Waals surface area contributed by atoms with Crippen LogP contribution in [-0.4, -0.2) is 28.1 Å². The van der Waals surface area contributed by atoms with Crippen molar-refractivity contribution in [2.24, 2.45) is 0 Å². The first-order valence-electron chi connectivity index (χ1n) is 13.3. The van der Waals surface area contributed by atoms with Gasteiger partial charge in [0.2, 0.25) is 0 Å². The van der Waals surface area contributed by atoms with Crippen molar-refractivity contribution in [2.45, 2.75) is 65.0 Å². The minimum Gasteiger partial charge on any atom is -0.385 e. The van der Waals surface area contributed by atoms with E-state index in [4.69, 9.17) is 10.7 Å². The van der Waals surface area contributed by atoms with E-state index in [9.17, 15) is 0 Å². The van der Waals surface area contributed by atoms with E-state index in [1.807, 2.05) is 19.2 Å². The monoisotopic (exact) mass is 484 g/mol. The summed E-state index contributed by atoms with van der Waals surface area (Å²) in [6.45, 7) is 9.06. The number of nitrogen functional groups attached to an aromatic ring is 1. The quantitative estimate of drug-likeness (QED) is 0.193. The zero-order valence-corrected chi connectivity index (χ0v) is 21.8. The van der Waals surface area contributed by atoms with E-state index in [1.54, 1.807) is 0 Å². The first kappa shape index (κ1) is 25.7. The number of benzene rings is 2. The molecular weight excluding hydrogens is 444 g/mol. The molecule has 0 bridgehead atoms. The summed E-state index contributed by atoms with van der Waals surface area (Å²) in [6.07, 6.45) is 7.81. The highest BCUT2D eigenvalue weighted by atomic mass is 15.1.